The van der Waals surface area contributed by atoms with Crippen molar-refractivity contribution in [2.24, 2.45) is 0 Å². The number of pyridine rings is 1. The second-order valence-electron chi connectivity index (χ2n) is 3.18. The van der Waals surface area contributed by atoms with E-state index in [1.165, 1.54) is 0 Å². The van der Waals surface area contributed by atoms with Crippen LogP contribution < -0.4 is 10.1 Å². The summed E-state index contributed by atoms with van der Waals surface area (Å²) >= 11 is 3.30. The van der Waals surface area contributed by atoms with Crippen LogP contribution in [0.2, 0.25) is 0 Å². The Hall–Kier alpha value is -1.88. The summed E-state index contributed by atoms with van der Waals surface area (Å²) in [7, 11) is 0. The lowest BCUT2D eigenvalue weighted by Crippen LogP contribution is -2.17. The number of nitrogens with zero attached hydrogens (tertiary/aromatic N) is 1. The molecule has 0 aliphatic rings. The minimum atomic E-state index is -0.564. The Kier molecular flexibility index (Phi) is 3.72. The second kappa shape index (κ2) is 5.45. The van der Waals surface area contributed by atoms with Gasteiger partial charge in [0.05, 0.1) is 0 Å². The number of hydrogen-bond donors (Lipinski definition) is 1. The molecule has 5 heteroatoms. The van der Waals surface area contributed by atoms with E-state index >= 15 is 0 Å². The van der Waals surface area contributed by atoms with Gasteiger partial charge in [0.25, 0.3) is 0 Å². The number of amides is 1. The molecule has 1 N–H and O–H groups in total. The standard InChI is InChI=1S/C12H9BrN2O2/c13-9-4-6-10(7-5-9)17-12(16)15-11-3-1-2-8-14-11/h1-8H,(H,14,15,16). The van der Waals surface area contributed by atoms with Gasteiger partial charge >= 0.3 is 6.09 Å². The van der Waals surface area contributed by atoms with Crippen LogP contribution in [0.4, 0.5) is 10.6 Å². The fourth-order valence-corrected chi connectivity index (χ4v) is 1.44. The summed E-state index contributed by atoms with van der Waals surface area (Å²) in [5, 5.41) is 2.52. The molecule has 0 fully saturated rings. The Labute approximate surface area is 107 Å². The van der Waals surface area contributed by atoms with Gasteiger partial charge in [0.1, 0.15) is 11.6 Å². The molecule has 0 aliphatic carbocycles. The van der Waals surface area contributed by atoms with Crippen molar-refractivity contribution in [3.05, 3.63) is 53.1 Å². The highest BCUT2D eigenvalue weighted by Crippen LogP contribution is 2.16. The predicted octanol–water partition coefficient (Wildman–Crippen LogP) is 3.46. The average Bonchev–Trinajstić information content (AvgIpc) is 2.33. The molecular weight excluding hydrogens is 284 g/mol. The van der Waals surface area contributed by atoms with E-state index in [2.05, 4.69) is 26.2 Å². The lowest BCUT2D eigenvalue weighted by atomic mass is 10.3. The van der Waals surface area contributed by atoms with Crippen molar-refractivity contribution in [2.75, 3.05) is 5.32 Å². The molecule has 1 heterocycles. The van der Waals surface area contributed by atoms with Gasteiger partial charge in [-0.1, -0.05) is 22.0 Å². The molecule has 1 aromatic carbocycles. The fraction of sp³-hybridized carbons (Fsp3) is 0. The van der Waals surface area contributed by atoms with Crippen molar-refractivity contribution in [3.8, 4) is 5.75 Å². The molecule has 0 unspecified atom stereocenters. The summed E-state index contributed by atoms with van der Waals surface area (Å²) in [6.45, 7) is 0. The number of aromatic nitrogens is 1. The smallest absolute Gasteiger partial charge is 0.410 e. The molecule has 0 bridgehead atoms. The molecule has 0 aliphatic heterocycles. The van der Waals surface area contributed by atoms with Crippen molar-refractivity contribution >= 4 is 27.8 Å². The molecule has 4 nitrogen and oxygen atoms in total. The molecule has 0 atom stereocenters. The van der Waals surface area contributed by atoms with Crippen molar-refractivity contribution in [1.82, 2.24) is 4.98 Å². The normalized spacial score (nSPS) is 9.71. The first-order valence-corrected chi connectivity index (χ1v) is 5.69. The predicted molar refractivity (Wildman–Crippen MR) is 68.0 cm³/mol. The number of carbonyl (C=O) groups is 1. The van der Waals surface area contributed by atoms with E-state index in [0.717, 1.165) is 4.47 Å². The maximum atomic E-state index is 11.5. The summed E-state index contributed by atoms with van der Waals surface area (Å²) in [4.78, 5) is 15.4. The van der Waals surface area contributed by atoms with Gasteiger partial charge < -0.3 is 4.74 Å². The molecule has 1 aromatic heterocycles. The Balaban J connectivity index is 1.96. The van der Waals surface area contributed by atoms with Crippen LogP contribution in [0.3, 0.4) is 0 Å². The number of hydrogen-bond acceptors (Lipinski definition) is 3. The number of nitrogens with one attached hydrogen (secondary N) is 1. The number of anilines is 1. The fourth-order valence-electron chi connectivity index (χ4n) is 1.18. The minimum Gasteiger partial charge on any atom is -0.410 e. The second-order valence-corrected chi connectivity index (χ2v) is 4.10. The Morgan fingerprint density at radius 1 is 1.18 bits per heavy atom. The van der Waals surface area contributed by atoms with E-state index < -0.39 is 6.09 Å². The maximum Gasteiger partial charge on any atom is 0.418 e. The summed E-state index contributed by atoms with van der Waals surface area (Å²) in [5.74, 6) is 0.927. The van der Waals surface area contributed by atoms with E-state index in [-0.39, 0.29) is 0 Å². The van der Waals surface area contributed by atoms with E-state index in [1.807, 2.05) is 0 Å². The third-order valence-corrected chi connectivity index (χ3v) is 2.45. The third-order valence-electron chi connectivity index (χ3n) is 1.92. The summed E-state index contributed by atoms with van der Waals surface area (Å²) < 4.78 is 5.99. The van der Waals surface area contributed by atoms with Crippen LogP contribution in [-0.4, -0.2) is 11.1 Å². The molecule has 86 valence electrons. The van der Waals surface area contributed by atoms with E-state index in [0.29, 0.717) is 11.6 Å². The summed E-state index contributed by atoms with van der Waals surface area (Å²) in [6, 6.07) is 12.2. The molecule has 1 amide bonds. The van der Waals surface area contributed by atoms with Crippen molar-refractivity contribution in [1.29, 1.82) is 0 Å². The van der Waals surface area contributed by atoms with Crippen LogP contribution >= 0.6 is 15.9 Å². The first kappa shape index (κ1) is 11.6. The quantitative estimate of drug-likeness (QED) is 0.922. The lowest BCUT2D eigenvalue weighted by Gasteiger charge is -2.05. The van der Waals surface area contributed by atoms with E-state index in [9.17, 15) is 4.79 Å². The molecule has 2 aromatic rings. The molecule has 17 heavy (non-hydrogen) atoms. The van der Waals surface area contributed by atoms with Gasteiger partial charge in [-0.25, -0.2) is 9.78 Å². The third kappa shape index (κ3) is 3.57. The molecule has 0 saturated heterocycles. The van der Waals surface area contributed by atoms with E-state index in [4.69, 9.17) is 4.74 Å². The van der Waals surface area contributed by atoms with Gasteiger partial charge in [-0.2, -0.15) is 0 Å². The first-order valence-electron chi connectivity index (χ1n) is 4.89. The van der Waals surface area contributed by atoms with E-state index in [1.54, 1.807) is 48.7 Å². The molecule has 0 radical (unpaired) electrons. The molecular formula is C12H9BrN2O2. The van der Waals surface area contributed by atoms with Crippen LogP contribution in [0.25, 0.3) is 0 Å². The highest BCUT2D eigenvalue weighted by Gasteiger charge is 2.04. The average molecular weight is 293 g/mol. The lowest BCUT2D eigenvalue weighted by molar-refractivity contribution is 0.215. The van der Waals surface area contributed by atoms with Crippen molar-refractivity contribution < 1.29 is 9.53 Å². The summed E-state index contributed by atoms with van der Waals surface area (Å²) in [6.07, 6.45) is 1.03. The van der Waals surface area contributed by atoms with Gasteiger partial charge in [0.15, 0.2) is 0 Å². The maximum absolute atomic E-state index is 11.5. The highest BCUT2D eigenvalue weighted by molar-refractivity contribution is 9.10. The van der Waals surface area contributed by atoms with Crippen LogP contribution in [-0.2, 0) is 0 Å². The molecule has 0 spiro atoms. The molecule has 0 saturated carbocycles. The van der Waals surface area contributed by atoms with Gasteiger partial charge in [-0.05, 0) is 36.4 Å². The number of benzene rings is 1. The Bertz CT molecular complexity index is 500. The zero-order valence-corrected chi connectivity index (χ0v) is 10.3. The highest BCUT2D eigenvalue weighted by atomic mass is 79.9. The monoisotopic (exact) mass is 292 g/mol. The number of rotatable bonds is 2. The Morgan fingerprint density at radius 3 is 2.59 bits per heavy atom. The van der Waals surface area contributed by atoms with Crippen molar-refractivity contribution in [3.63, 3.8) is 0 Å². The topological polar surface area (TPSA) is 51.2 Å². The van der Waals surface area contributed by atoms with Crippen LogP contribution in [0, 0.1) is 0 Å². The van der Waals surface area contributed by atoms with Gasteiger partial charge in [-0.3, -0.25) is 5.32 Å². The van der Waals surface area contributed by atoms with Gasteiger partial charge in [0.2, 0.25) is 0 Å². The Morgan fingerprint density at radius 2 is 1.94 bits per heavy atom. The number of ether oxygens (including phenoxy) is 1. The zero-order valence-electron chi connectivity index (χ0n) is 8.76. The number of halogens is 1. The summed E-state index contributed by atoms with van der Waals surface area (Å²) in [5.41, 5.74) is 0. The zero-order chi connectivity index (χ0) is 12.1. The first-order chi connectivity index (χ1) is 8.24. The van der Waals surface area contributed by atoms with Crippen molar-refractivity contribution in [2.45, 2.75) is 0 Å². The number of carbonyl (C=O) groups excluding carboxylic acids is 1. The van der Waals surface area contributed by atoms with Crippen LogP contribution in [0.5, 0.6) is 5.75 Å². The largest absolute Gasteiger partial charge is 0.418 e. The minimum absolute atomic E-state index is 0.453. The van der Waals surface area contributed by atoms with Crippen LogP contribution in [0.1, 0.15) is 0 Å². The SMILES string of the molecule is O=C(Nc1ccccn1)Oc1ccc(Br)cc1. The van der Waals surface area contributed by atoms with Crippen LogP contribution in [0.15, 0.2) is 53.1 Å². The molecule has 2 rings (SSSR count). The van der Waals surface area contributed by atoms with Gasteiger partial charge in [-0.15, -0.1) is 0 Å². The van der Waals surface area contributed by atoms with Gasteiger partial charge in [0, 0.05) is 10.7 Å².